The van der Waals surface area contributed by atoms with Gasteiger partial charge in [-0.15, -0.1) is 5.10 Å². The number of H-pyrrole nitrogens is 1. The number of amides is 1. The van der Waals surface area contributed by atoms with Gasteiger partial charge in [0.15, 0.2) is 5.69 Å². The number of aromatic carboxylic acids is 1. The number of nitrogens with zero attached hydrogens (tertiary/aromatic N) is 3. The maximum Gasteiger partial charge on any atom is 0.358 e. The first-order valence-electron chi connectivity index (χ1n) is 7.77. The van der Waals surface area contributed by atoms with E-state index in [0.29, 0.717) is 6.42 Å². The van der Waals surface area contributed by atoms with Gasteiger partial charge >= 0.3 is 5.97 Å². The van der Waals surface area contributed by atoms with Crippen LogP contribution in [0, 0.1) is 0 Å². The molecule has 1 aliphatic carbocycles. The summed E-state index contributed by atoms with van der Waals surface area (Å²) in [6.07, 6.45) is 5.79. The highest BCUT2D eigenvalue weighted by molar-refractivity contribution is 5.96. The molecule has 0 fully saturated rings. The highest BCUT2D eigenvalue weighted by Crippen LogP contribution is 2.38. The molecule has 0 saturated heterocycles. The van der Waals surface area contributed by atoms with Crippen molar-refractivity contribution in [2.45, 2.75) is 11.8 Å². The number of carbonyl (C=O) groups is 2. The topological polar surface area (TPSA) is 99.2 Å². The molecule has 1 aliphatic rings. The quantitative estimate of drug-likeness (QED) is 0.887. The van der Waals surface area contributed by atoms with Crippen molar-refractivity contribution in [2.75, 3.05) is 14.1 Å². The normalized spacial score (nSPS) is 19.4. The van der Waals surface area contributed by atoms with E-state index < -0.39 is 11.4 Å². The maximum absolute atomic E-state index is 12.9. The molecule has 2 N–H and O–H groups in total. The second-order valence-corrected chi connectivity index (χ2v) is 6.06. The van der Waals surface area contributed by atoms with Gasteiger partial charge in [0.1, 0.15) is 11.1 Å². The Labute approximate surface area is 144 Å². The molecule has 1 unspecified atom stereocenters. The summed E-state index contributed by atoms with van der Waals surface area (Å²) in [6, 6.07) is 9.78. The number of carboxylic acid groups (broad SMARTS) is 1. The number of hydrogen-bond donors (Lipinski definition) is 2. The Bertz CT molecular complexity index is 867. The summed E-state index contributed by atoms with van der Waals surface area (Å²) in [6.45, 7) is 0. The predicted molar refractivity (Wildman–Crippen MR) is 91.9 cm³/mol. The molecule has 1 atom stereocenters. The Kier molecular flexibility index (Phi) is 4.22. The number of rotatable bonds is 4. The Morgan fingerprint density at radius 2 is 1.92 bits per heavy atom. The molecule has 7 nitrogen and oxygen atoms in total. The zero-order valence-corrected chi connectivity index (χ0v) is 13.9. The molecule has 0 bridgehead atoms. The van der Waals surface area contributed by atoms with Crippen molar-refractivity contribution < 1.29 is 14.7 Å². The van der Waals surface area contributed by atoms with Gasteiger partial charge in [0, 0.05) is 14.1 Å². The number of carboxylic acids is 1. The van der Waals surface area contributed by atoms with Crippen molar-refractivity contribution in [2.24, 2.45) is 0 Å². The van der Waals surface area contributed by atoms with Crippen LogP contribution in [0.25, 0.3) is 5.57 Å². The zero-order valence-electron chi connectivity index (χ0n) is 13.9. The van der Waals surface area contributed by atoms with Gasteiger partial charge in [0.05, 0.1) is 0 Å². The fourth-order valence-electron chi connectivity index (χ4n) is 3.01. The molecule has 0 radical (unpaired) electrons. The smallest absolute Gasteiger partial charge is 0.358 e. The van der Waals surface area contributed by atoms with E-state index in [1.807, 2.05) is 42.5 Å². The molecular formula is C18H18N4O3. The van der Waals surface area contributed by atoms with E-state index in [1.165, 1.54) is 4.90 Å². The summed E-state index contributed by atoms with van der Waals surface area (Å²) in [5, 5.41) is 19.4. The number of carbonyl (C=O) groups excluding carboxylic acids is 1. The van der Waals surface area contributed by atoms with Gasteiger partial charge in [-0.1, -0.05) is 48.6 Å². The Balaban J connectivity index is 2.06. The third-order valence-electron chi connectivity index (χ3n) is 4.26. The van der Waals surface area contributed by atoms with E-state index in [9.17, 15) is 14.7 Å². The number of benzene rings is 1. The molecule has 0 aliphatic heterocycles. The average molecular weight is 338 g/mol. The first kappa shape index (κ1) is 16.6. The number of nitrogens with one attached hydrogen (secondary N) is 1. The first-order valence-corrected chi connectivity index (χ1v) is 7.77. The van der Waals surface area contributed by atoms with Crippen LogP contribution in [0.1, 0.15) is 28.2 Å². The molecule has 1 aromatic heterocycles. The molecule has 2 aromatic rings. The first-order chi connectivity index (χ1) is 12.0. The van der Waals surface area contributed by atoms with E-state index in [4.69, 9.17) is 0 Å². The van der Waals surface area contributed by atoms with Gasteiger partial charge in [0.25, 0.3) is 0 Å². The monoisotopic (exact) mass is 338 g/mol. The van der Waals surface area contributed by atoms with Gasteiger partial charge < -0.3 is 10.0 Å². The van der Waals surface area contributed by atoms with Crippen molar-refractivity contribution in [1.82, 2.24) is 20.3 Å². The lowest BCUT2D eigenvalue weighted by atomic mass is 9.74. The molecule has 3 rings (SSSR count). The molecule has 0 saturated carbocycles. The lowest BCUT2D eigenvalue weighted by Gasteiger charge is -2.32. The van der Waals surface area contributed by atoms with Crippen LogP contribution in [0.3, 0.4) is 0 Å². The zero-order chi connectivity index (χ0) is 18.0. The third-order valence-corrected chi connectivity index (χ3v) is 4.26. The van der Waals surface area contributed by atoms with Crippen LogP contribution in [0.5, 0.6) is 0 Å². The van der Waals surface area contributed by atoms with Crippen LogP contribution in [-0.2, 0) is 10.2 Å². The number of aromatic amines is 1. The molecule has 0 spiro atoms. The molecule has 1 heterocycles. The fraction of sp³-hybridized carbons (Fsp3) is 0.222. The largest absolute Gasteiger partial charge is 0.476 e. The number of allylic oxidation sites excluding steroid dienone is 3. The summed E-state index contributed by atoms with van der Waals surface area (Å²) >= 11 is 0. The fourth-order valence-corrected chi connectivity index (χ4v) is 3.01. The van der Waals surface area contributed by atoms with Crippen molar-refractivity contribution in [3.63, 3.8) is 0 Å². The van der Waals surface area contributed by atoms with Crippen molar-refractivity contribution in [3.8, 4) is 0 Å². The van der Waals surface area contributed by atoms with Gasteiger partial charge in [-0.25, -0.2) is 4.79 Å². The highest BCUT2D eigenvalue weighted by Gasteiger charge is 2.45. The summed E-state index contributed by atoms with van der Waals surface area (Å²) in [7, 11) is 3.27. The van der Waals surface area contributed by atoms with Crippen molar-refractivity contribution in [1.29, 1.82) is 0 Å². The van der Waals surface area contributed by atoms with E-state index >= 15 is 0 Å². The van der Waals surface area contributed by atoms with Crippen LogP contribution in [0.15, 0.2) is 48.6 Å². The van der Waals surface area contributed by atoms with E-state index in [2.05, 4.69) is 15.4 Å². The van der Waals surface area contributed by atoms with E-state index in [1.54, 1.807) is 20.2 Å². The third kappa shape index (κ3) is 2.84. The molecule has 7 heteroatoms. The van der Waals surface area contributed by atoms with Gasteiger partial charge in [-0.2, -0.15) is 10.3 Å². The minimum Gasteiger partial charge on any atom is -0.476 e. The van der Waals surface area contributed by atoms with Gasteiger partial charge in [-0.3, -0.25) is 4.79 Å². The Morgan fingerprint density at radius 1 is 1.20 bits per heavy atom. The summed E-state index contributed by atoms with van der Waals surface area (Å²) in [5.74, 6) is -1.47. The van der Waals surface area contributed by atoms with Crippen molar-refractivity contribution in [3.05, 3.63) is 65.5 Å². The molecule has 25 heavy (non-hydrogen) atoms. The van der Waals surface area contributed by atoms with Crippen LogP contribution >= 0.6 is 0 Å². The lowest BCUT2D eigenvalue weighted by Crippen LogP contribution is -2.44. The molecule has 128 valence electrons. The summed E-state index contributed by atoms with van der Waals surface area (Å²) < 4.78 is 0. The average Bonchev–Trinajstić information content (AvgIpc) is 3.12. The molecular weight excluding hydrogens is 320 g/mol. The summed E-state index contributed by atoms with van der Waals surface area (Å²) in [4.78, 5) is 25.8. The second-order valence-electron chi connectivity index (χ2n) is 6.06. The number of aromatic nitrogens is 3. The molecule has 1 aromatic carbocycles. The minimum absolute atomic E-state index is 0.123. The van der Waals surface area contributed by atoms with Gasteiger partial charge in [-0.05, 0) is 17.6 Å². The van der Waals surface area contributed by atoms with Crippen LogP contribution in [0.2, 0.25) is 0 Å². The Hall–Kier alpha value is -3.22. The summed E-state index contributed by atoms with van der Waals surface area (Å²) in [5.41, 5.74) is 0.698. The SMILES string of the molecule is CN(C)C(=O)C1(c2n[nH]nc2C(=O)O)C=CC(c2ccccc2)=CC1. The highest BCUT2D eigenvalue weighted by atomic mass is 16.4. The minimum atomic E-state index is -1.22. The molecule has 1 amide bonds. The van der Waals surface area contributed by atoms with E-state index in [0.717, 1.165) is 11.1 Å². The maximum atomic E-state index is 12.9. The standard InChI is InChI=1S/C18H18N4O3/c1-22(2)17(25)18(15-14(16(23)24)19-21-20-15)10-8-13(9-11-18)12-6-4-3-5-7-12/h3-10H,11H2,1-2H3,(H,23,24)(H,19,20,21). The van der Waals surface area contributed by atoms with Gasteiger partial charge in [0.2, 0.25) is 5.91 Å². The second kappa shape index (κ2) is 6.35. The lowest BCUT2D eigenvalue weighted by molar-refractivity contribution is -0.133. The predicted octanol–water partition coefficient (Wildman–Crippen LogP) is 1.87. The van der Waals surface area contributed by atoms with Crippen LogP contribution < -0.4 is 0 Å². The number of likely N-dealkylation sites (N-methyl/N-ethyl adjacent to an activating group) is 1. The van der Waals surface area contributed by atoms with E-state index in [-0.39, 0.29) is 17.3 Å². The Morgan fingerprint density at radius 3 is 2.48 bits per heavy atom. The van der Waals surface area contributed by atoms with Crippen molar-refractivity contribution >= 4 is 17.4 Å². The number of hydrogen-bond acceptors (Lipinski definition) is 4. The van der Waals surface area contributed by atoms with Crippen LogP contribution in [0.4, 0.5) is 0 Å². The van der Waals surface area contributed by atoms with Crippen LogP contribution in [-0.4, -0.2) is 51.4 Å².